The summed E-state index contributed by atoms with van der Waals surface area (Å²) in [7, 11) is 0. The molecule has 0 saturated heterocycles. The fraction of sp³-hybridized carbons (Fsp3) is 0.700. The van der Waals surface area contributed by atoms with Crippen molar-refractivity contribution >= 4 is 5.97 Å². The van der Waals surface area contributed by atoms with Crippen LogP contribution >= 0.6 is 0 Å². The number of aromatic nitrogens is 1. The maximum atomic E-state index is 11.7. The number of hydrogen-bond acceptors (Lipinski definition) is 5. The Morgan fingerprint density at radius 3 is 2.62 bits per heavy atom. The molecule has 26 heavy (non-hydrogen) atoms. The Balaban J connectivity index is 2.86. The molecule has 0 saturated carbocycles. The van der Waals surface area contributed by atoms with Gasteiger partial charge in [-0.3, -0.25) is 4.98 Å². The lowest BCUT2D eigenvalue weighted by molar-refractivity contribution is -0.161. The van der Waals surface area contributed by atoms with Gasteiger partial charge in [-0.05, 0) is 25.7 Å². The van der Waals surface area contributed by atoms with E-state index >= 15 is 0 Å². The van der Waals surface area contributed by atoms with Gasteiger partial charge in [0.1, 0.15) is 5.75 Å². The second-order valence-electron chi connectivity index (χ2n) is 7.49. The molecule has 1 heterocycles. The number of ether oxygens (including phenoxy) is 1. The molecule has 4 N–H and O–H groups in total. The van der Waals surface area contributed by atoms with Crippen molar-refractivity contribution in [3.05, 3.63) is 23.5 Å². The molecule has 2 atom stereocenters. The lowest BCUT2D eigenvalue weighted by atomic mass is 9.84. The average Bonchev–Trinajstić information content (AvgIpc) is 2.56. The molecule has 1 aromatic heterocycles. The molecule has 6 heteroatoms. The quantitative estimate of drug-likeness (QED) is 0.491. The van der Waals surface area contributed by atoms with Crippen LogP contribution in [-0.4, -0.2) is 39.4 Å². The highest BCUT2D eigenvalue weighted by Gasteiger charge is 2.43. The average molecular weight is 367 g/mol. The topological polar surface area (TPSA) is 106 Å². The van der Waals surface area contributed by atoms with Gasteiger partial charge in [0.15, 0.2) is 5.60 Å². The number of nitrogens with zero attached hydrogens (tertiary/aromatic N) is 1. The van der Waals surface area contributed by atoms with Crippen LogP contribution in [0.3, 0.4) is 0 Å². The van der Waals surface area contributed by atoms with Crippen LogP contribution in [0.4, 0.5) is 0 Å². The Morgan fingerprint density at radius 1 is 1.35 bits per heavy atom. The summed E-state index contributed by atoms with van der Waals surface area (Å²) >= 11 is 0. The molecule has 0 aliphatic heterocycles. The standard InChI is InChI=1S/C20H34N2O4/c1-5-6-7-8-9-26-17-11-16(22-13-15(17)4)12-20(25,19(23)24)18(21)10-14(2)3/h11,13-14,18,25H,5-10,12,21H2,1-4H3,(H,23,24)/t18-,20+/m0/s1. The highest BCUT2D eigenvalue weighted by molar-refractivity contribution is 5.78. The summed E-state index contributed by atoms with van der Waals surface area (Å²) in [6, 6.07) is 0.840. The van der Waals surface area contributed by atoms with Gasteiger partial charge < -0.3 is 20.7 Å². The number of aliphatic hydroxyl groups is 1. The summed E-state index contributed by atoms with van der Waals surface area (Å²) in [6.07, 6.45) is 6.36. The fourth-order valence-electron chi connectivity index (χ4n) is 2.85. The Hall–Kier alpha value is -1.66. The van der Waals surface area contributed by atoms with Crippen molar-refractivity contribution in [3.8, 4) is 5.75 Å². The van der Waals surface area contributed by atoms with Gasteiger partial charge >= 0.3 is 5.97 Å². The largest absolute Gasteiger partial charge is 0.493 e. The molecule has 0 aliphatic rings. The van der Waals surface area contributed by atoms with E-state index in [4.69, 9.17) is 10.5 Å². The highest BCUT2D eigenvalue weighted by Crippen LogP contribution is 2.24. The van der Waals surface area contributed by atoms with Crippen LogP contribution in [0.25, 0.3) is 0 Å². The van der Waals surface area contributed by atoms with E-state index in [0.717, 1.165) is 18.4 Å². The van der Waals surface area contributed by atoms with Gasteiger partial charge in [-0.2, -0.15) is 0 Å². The molecule has 0 aromatic carbocycles. The number of carboxylic acid groups (broad SMARTS) is 1. The Morgan fingerprint density at radius 2 is 2.04 bits per heavy atom. The zero-order chi connectivity index (χ0) is 19.7. The minimum atomic E-state index is -2.05. The van der Waals surface area contributed by atoms with Crippen molar-refractivity contribution < 1.29 is 19.7 Å². The molecule has 0 fully saturated rings. The predicted octanol–water partition coefficient (Wildman–Crippen LogP) is 3.08. The van der Waals surface area contributed by atoms with E-state index in [1.165, 1.54) is 12.8 Å². The van der Waals surface area contributed by atoms with Gasteiger partial charge in [0, 0.05) is 36.0 Å². The number of pyridine rings is 1. The normalized spacial score (nSPS) is 14.9. The Kier molecular flexibility index (Phi) is 9.02. The Labute approximate surface area is 156 Å². The van der Waals surface area contributed by atoms with Gasteiger partial charge in [-0.1, -0.05) is 40.0 Å². The first-order chi connectivity index (χ1) is 12.2. The monoisotopic (exact) mass is 366 g/mol. The predicted molar refractivity (Wildman–Crippen MR) is 102 cm³/mol. The zero-order valence-corrected chi connectivity index (χ0v) is 16.5. The van der Waals surface area contributed by atoms with Crippen LogP contribution in [0.5, 0.6) is 5.75 Å². The first kappa shape index (κ1) is 22.4. The first-order valence-corrected chi connectivity index (χ1v) is 9.50. The number of carboxylic acids is 1. The highest BCUT2D eigenvalue weighted by atomic mass is 16.5. The number of hydrogen-bond donors (Lipinski definition) is 3. The van der Waals surface area contributed by atoms with E-state index in [0.29, 0.717) is 24.5 Å². The summed E-state index contributed by atoms with van der Waals surface area (Å²) in [6.45, 7) is 8.55. The SMILES string of the molecule is CCCCCCOc1cc(C[C@](O)(C(=O)O)[C@@H](N)CC(C)C)ncc1C. The molecule has 0 unspecified atom stereocenters. The molecule has 0 radical (unpaired) electrons. The van der Waals surface area contributed by atoms with Crippen molar-refractivity contribution in [2.24, 2.45) is 11.7 Å². The van der Waals surface area contributed by atoms with Crippen LogP contribution in [0.2, 0.25) is 0 Å². The van der Waals surface area contributed by atoms with Crippen molar-refractivity contribution in [1.29, 1.82) is 0 Å². The van der Waals surface area contributed by atoms with Crippen molar-refractivity contribution in [3.63, 3.8) is 0 Å². The maximum Gasteiger partial charge on any atom is 0.337 e. The Bertz CT molecular complexity index is 577. The molecular weight excluding hydrogens is 332 g/mol. The first-order valence-electron chi connectivity index (χ1n) is 9.50. The number of carbonyl (C=O) groups is 1. The zero-order valence-electron chi connectivity index (χ0n) is 16.5. The van der Waals surface area contributed by atoms with Crippen molar-refractivity contribution in [1.82, 2.24) is 4.98 Å². The number of aryl methyl sites for hydroxylation is 1. The second-order valence-corrected chi connectivity index (χ2v) is 7.49. The second kappa shape index (κ2) is 10.5. The minimum absolute atomic E-state index is 0.150. The summed E-state index contributed by atoms with van der Waals surface area (Å²) in [5.41, 5.74) is 5.30. The molecular formula is C20H34N2O4. The molecule has 148 valence electrons. The summed E-state index contributed by atoms with van der Waals surface area (Å²) in [5, 5.41) is 20.2. The number of aliphatic carboxylic acids is 1. The van der Waals surface area contributed by atoms with Gasteiger partial charge in [-0.25, -0.2) is 4.79 Å². The van der Waals surface area contributed by atoms with Crippen LogP contribution < -0.4 is 10.5 Å². The van der Waals surface area contributed by atoms with Crippen molar-refractivity contribution in [2.45, 2.75) is 77.9 Å². The number of unbranched alkanes of at least 4 members (excludes halogenated alkanes) is 3. The van der Waals surface area contributed by atoms with Crippen LogP contribution in [0.1, 0.15) is 64.1 Å². The summed E-state index contributed by atoms with van der Waals surface area (Å²) in [5.74, 6) is -0.462. The number of nitrogens with two attached hydrogens (primary N) is 1. The van der Waals surface area contributed by atoms with Crippen LogP contribution in [-0.2, 0) is 11.2 Å². The third-order valence-corrected chi connectivity index (χ3v) is 4.53. The molecule has 0 spiro atoms. The molecule has 1 aromatic rings. The van der Waals surface area contributed by atoms with Crippen LogP contribution in [0, 0.1) is 12.8 Å². The third kappa shape index (κ3) is 6.57. The van der Waals surface area contributed by atoms with Crippen LogP contribution in [0.15, 0.2) is 12.3 Å². The van der Waals surface area contributed by atoms with Gasteiger partial charge in [0.2, 0.25) is 0 Å². The molecule has 0 aliphatic carbocycles. The minimum Gasteiger partial charge on any atom is -0.493 e. The molecule has 1 rings (SSSR count). The fourth-order valence-corrected chi connectivity index (χ4v) is 2.85. The van der Waals surface area contributed by atoms with Gasteiger partial charge in [-0.15, -0.1) is 0 Å². The van der Waals surface area contributed by atoms with E-state index in [-0.39, 0.29) is 12.3 Å². The van der Waals surface area contributed by atoms with E-state index in [2.05, 4.69) is 11.9 Å². The van der Waals surface area contributed by atoms with E-state index in [1.54, 1.807) is 12.3 Å². The van der Waals surface area contributed by atoms with E-state index < -0.39 is 17.6 Å². The smallest absolute Gasteiger partial charge is 0.337 e. The van der Waals surface area contributed by atoms with E-state index in [9.17, 15) is 15.0 Å². The number of rotatable bonds is 12. The third-order valence-electron chi connectivity index (χ3n) is 4.53. The lowest BCUT2D eigenvalue weighted by Gasteiger charge is -2.30. The maximum absolute atomic E-state index is 11.7. The molecule has 0 amide bonds. The lowest BCUT2D eigenvalue weighted by Crippen LogP contribution is -2.56. The summed E-state index contributed by atoms with van der Waals surface area (Å²) < 4.78 is 5.82. The van der Waals surface area contributed by atoms with Gasteiger partial charge in [0.25, 0.3) is 0 Å². The van der Waals surface area contributed by atoms with Crippen molar-refractivity contribution in [2.75, 3.05) is 6.61 Å². The summed E-state index contributed by atoms with van der Waals surface area (Å²) in [4.78, 5) is 16.0. The molecule has 6 nitrogen and oxygen atoms in total. The van der Waals surface area contributed by atoms with Gasteiger partial charge in [0.05, 0.1) is 6.61 Å². The van der Waals surface area contributed by atoms with E-state index in [1.807, 2.05) is 20.8 Å². The molecule has 0 bridgehead atoms.